The molecule has 10 heteroatoms. The summed E-state index contributed by atoms with van der Waals surface area (Å²) in [6.07, 6.45) is 6.11. The monoisotopic (exact) mass is 467 g/mol. The molecule has 0 aromatic carbocycles. The van der Waals surface area contributed by atoms with Gasteiger partial charge in [-0.15, -0.1) is 0 Å². The fraction of sp³-hybridized carbons (Fsp3) is 0.0800. The van der Waals surface area contributed by atoms with Crippen molar-refractivity contribution in [2.75, 3.05) is 16.0 Å². The van der Waals surface area contributed by atoms with Crippen LogP contribution < -0.4 is 16.0 Å². The number of hydrogen-bond acceptors (Lipinski definition) is 7. The van der Waals surface area contributed by atoms with Crippen molar-refractivity contribution in [2.24, 2.45) is 0 Å². The summed E-state index contributed by atoms with van der Waals surface area (Å²) in [7, 11) is 0. The summed E-state index contributed by atoms with van der Waals surface area (Å²) >= 11 is 0. The molecule has 174 valence electrons. The van der Waals surface area contributed by atoms with Crippen LogP contribution in [0.25, 0.3) is 22.8 Å². The lowest BCUT2D eigenvalue weighted by Crippen LogP contribution is -2.12. The lowest BCUT2D eigenvalue weighted by molar-refractivity contribution is -0.115. The van der Waals surface area contributed by atoms with Crippen LogP contribution in [0.5, 0.6) is 0 Å². The number of carbonyl (C=O) groups excluding carboxylic acids is 3. The van der Waals surface area contributed by atoms with E-state index in [2.05, 4.69) is 35.9 Å². The molecular formula is C25H21N7O3. The number of rotatable bonds is 6. The van der Waals surface area contributed by atoms with E-state index in [1.165, 1.54) is 20.0 Å². The first-order valence-electron chi connectivity index (χ1n) is 10.6. The van der Waals surface area contributed by atoms with Crippen LogP contribution in [0.1, 0.15) is 24.2 Å². The van der Waals surface area contributed by atoms with Crippen LogP contribution in [-0.2, 0) is 9.59 Å². The first-order valence-corrected chi connectivity index (χ1v) is 10.6. The van der Waals surface area contributed by atoms with Crippen molar-refractivity contribution in [2.45, 2.75) is 13.8 Å². The van der Waals surface area contributed by atoms with Gasteiger partial charge in [0.15, 0.2) is 0 Å². The predicted molar refractivity (Wildman–Crippen MR) is 131 cm³/mol. The van der Waals surface area contributed by atoms with Gasteiger partial charge in [-0.1, -0.05) is 0 Å². The Labute approximate surface area is 200 Å². The van der Waals surface area contributed by atoms with Gasteiger partial charge in [0.05, 0.1) is 64.0 Å². The average molecular weight is 467 g/mol. The summed E-state index contributed by atoms with van der Waals surface area (Å²) in [5.41, 5.74) is 4.56. The van der Waals surface area contributed by atoms with Gasteiger partial charge in [0.25, 0.3) is 5.91 Å². The van der Waals surface area contributed by atoms with Crippen LogP contribution in [0.3, 0.4) is 0 Å². The largest absolute Gasteiger partial charge is 0.325 e. The van der Waals surface area contributed by atoms with Gasteiger partial charge in [0.2, 0.25) is 11.8 Å². The van der Waals surface area contributed by atoms with Crippen LogP contribution in [0.4, 0.5) is 17.1 Å². The number of nitrogens with zero attached hydrogens (tertiary/aromatic N) is 4. The number of aromatic nitrogens is 4. The maximum absolute atomic E-state index is 12.6. The number of hydrogen-bond donors (Lipinski definition) is 3. The molecule has 4 rings (SSSR count). The van der Waals surface area contributed by atoms with Gasteiger partial charge in [-0.05, 0) is 48.5 Å². The molecule has 0 aliphatic carbocycles. The Morgan fingerprint density at radius 1 is 0.514 bits per heavy atom. The summed E-state index contributed by atoms with van der Waals surface area (Å²) in [6, 6.07) is 13.8. The van der Waals surface area contributed by atoms with Gasteiger partial charge < -0.3 is 16.0 Å². The highest BCUT2D eigenvalue weighted by atomic mass is 16.2. The molecule has 35 heavy (non-hydrogen) atoms. The molecule has 0 saturated heterocycles. The van der Waals surface area contributed by atoms with Crippen molar-refractivity contribution in [3.05, 3.63) is 78.9 Å². The second kappa shape index (κ2) is 10.3. The summed E-state index contributed by atoms with van der Waals surface area (Å²) in [5.74, 6) is -0.672. The van der Waals surface area contributed by atoms with Crippen molar-refractivity contribution < 1.29 is 14.4 Å². The normalized spacial score (nSPS) is 10.3. The second-order valence-corrected chi connectivity index (χ2v) is 7.54. The van der Waals surface area contributed by atoms with Crippen molar-refractivity contribution in [1.82, 2.24) is 19.9 Å². The van der Waals surface area contributed by atoms with Crippen LogP contribution in [-0.4, -0.2) is 37.7 Å². The minimum Gasteiger partial charge on any atom is -0.325 e. The molecule has 0 atom stereocenters. The zero-order chi connectivity index (χ0) is 24.8. The first-order chi connectivity index (χ1) is 16.9. The Hall–Kier alpha value is -4.99. The van der Waals surface area contributed by atoms with Gasteiger partial charge in [0.1, 0.15) is 0 Å². The third-order valence-electron chi connectivity index (χ3n) is 4.74. The molecule has 0 saturated carbocycles. The van der Waals surface area contributed by atoms with Crippen LogP contribution in [0.2, 0.25) is 0 Å². The van der Waals surface area contributed by atoms with E-state index in [1.54, 1.807) is 67.1 Å². The SMILES string of the molecule is CC(=O)Nc1ccc(-c2ccc(NC(=O)c3ccc(-c4ccc(NC(C)=O)cn4)nc3)cn2)nc1. The Bertz CT molecular complexity index is 1350. The summed E-state index contributed by atoms with van der Waals surface area (Å²) in [6.45, 7) is 2.86. The number of nitrogens with one attached hydrogen (secondary N) is 3. The molecule has 10 nitrogen and oxygen atoms in total. The van der Waals surface area contributed by atoms with E-state index >= 15 is 0 Å². The molecule has 0 aliphatic rings. The smallest absolute Gasteiger partial charge is 0.257 e. The highest BCUT2D eigenvalue weighted by Gasteiger charge is 2.10. The molecule has 0 fully saturated rings. The topological polar surface area (TPSA) is 139 Å². The predicted octanol–water partition coefficient (Wildman–Crippen LogP) is 3.77. The Morgan fingerprint density at radius 2 is 0.886 bits per heavy atom. The Kier molecular flexibility index (Phi) is 6.82. The molecule has 0 radical (unpaired) electrons. The third kappa shape index (κ3) is 6.08. The minimum absolute atomic E-state index is 0.170. The molecule has 4 aromatic heterocycles. The highest BCUT2D eigenvalue weighted by Crippen LogP contribution is 2.20. The quantitative estimate of drug-likeness (QED) is 0.392. The summed E-state index contributed by atoms with van der Waals surface area (Å²) in [4.78, 5) is 52.1. The van der Waals surface area contributed by atoms with E-state index < -0.39 is 0 Å². The number of carbonyl (C=O) groups is 3. The molecule has 0 spiro atoms. The first kappa shape index (κ1) is 23.2. The van der Waals surface area contributed by atoms with E-state index in [0.717, 1.165) is 0 Å². The number of pyridine rings is 4. The molecule has 0 bridgehead atoms. The Balaban J connectivity index is 1.38. The van der Waals surface area contributed by atoms with Gasteiger partial charge in [-0.25, -0.2) is 0 Å². The van der Waals surface area contributed by atoms with Crippen molar-refractivity contribution in [1.29, 1.82) is 0 Å². The fourth-order valence-electron chi connectivity index (χ4n) is 3.15. The second-order valence-electron chi connectivity index (χ2n) is 7.54. The number of anilines is 3. The van der Waals surface area contributed by atoms with E-state index in [1.807, 2.05) is 0 Å². The fourth-order valence-corrected chi connectivity index (χ4v) is 3.15. The summed E-state index contributed by atoms with van der Waals surface area (Å²) < 4.78 is 0. The number of amides is 3. The van der Waals surface area contributed by atoms with Crippen molar-refractivity contribution >= 4 is 34.8 Å². The van der Waals surface area contributed by atoms with E-state index in [-0.39, 0.29) is 17.7 Å². The van der Waals surface area contributed by atoms with E-state index in [9.17, 15) is 14.4 Å². The average Bonchev–Trinajstić information content (AvgIpc) is 2.85. The van der Waals surface area contributed by atoms with E-state index in [4.69, 9.17) is 0 Å². The molecular weight excluding hydrogens is 446 g/mol. The molecule has 3 N–H and O–H groups in total. The molecule has 4 heterocycles. The molecule has 0 aliphatic heterocycles. The van der Waals surface area contributed by atoms with E-state index in [0.29, 0.717) is 45.4 Å². The zero-order valence-corrected chi connectivity index (χ0v) is 18.9. The van der Waals surface area contributed by atoms with Gasteiger partial charge in [-0.3, -0.25) is 34.3 Å². The highest BCUT2D eigenvalue weighted by molar-refractivity contribution is 6.04. The molecule has 4 aromatic rings. The van der Waals surface area contributed by atoms with Crippen LogP contribution in [0, 0.1) is 0 Å². The van der Waals surface area contributed by atoms with Crippen molar-refractivity contribution in [3.63, 3.8) is 0 Å². The van der Waals surface area contributed by atoms with Gasteiger partial charge in [0, 0.05) is 20.0 Å². The molecule has 3 amide bonds. The maximum Gasteiger partial charge on any atom is 0.257 e. The third-order valence-corrected chi connectivity index (χ3v) is 4.74. The minimum atomic E-state index is -0.328. The molecule has 0 unspecified atom stereocenters. The lowest BCUT2D eigenvalue weighted by atomic mass is 10.2. The summed E-state index contributed by atoms with van der Waals surface area (Å²) in [5, 5.41) is 8.10. The Morgan fingerprint density at radius 3 is 1.20 bits per heavy atom. The standard InChI is InChI=1S/C25H21N7O3/c1-15(33)30-18-4-8-22(27-12-18)21-7-3-17(11-26-21)25(35)32-20-6-10-24(29-14-20)23-9-5-19(13-28-23)31-16(2)34/h3-14H,1-2H3,(H,30,33)(H,31,34)(H,32,35). The lowest BCUT2D eigenvalue weighted by Gasteiger charge is -2.07. The maximum atomic E-state index is 12.6. The zero-order valence-electron chi connectivity index (χ0n) is 18.9. The van der Waals surface area contributed by atoms with Crippen LogP contribution in [0.15, 0.2) is 73.3 Å². The van der Waals surface area contributed by atoms with Crippen molar-refractivity contribution in [3.8, 4) is 22.8 Å². The van der Waals surface area contributed by atoms with Gasteiger partial charge in [-0.2, -0.15) is 0 Å². The van der Waals surface area contributed by atoms with Gasteiger partial charge >= 0.3 is 0 Å². The van der Waals surface area contributed by atoms with Crippen LogP contribution >= 0.6 is 0 Å².